The second-order valence-corrected chi connectivity index (χ2v) is 2.93. The molecule has 1 aliphatic rings. The molecule has 1 aromatic rings. The Morgan fingerprint density at radius 2 is 2.23 bits per heavy atom. The molecule has 0 N–H and O–H groups in total. The highest BCUT2D eigenvalue weighted by atomic mass is 14.7. The van der Waals surface area contributed by atoms with Crippen LogP contribution in [0.3, 0.4) is 0 Å². The summed E-state index contributed by atoms with van der Waals surface area (Å²) in [4.78, 5) is 4.30. The standard InChI is InChI=1S/C12H9N/c1-10-7-8-12(13-9-10)11-5-3-2-4-6-11/h2-3,5,7-9H,1H3. The predicted molar refractivity (Wildman–Crippen MR) is 53.1 cm³/mol. The Bertz CT molecular complexity index is 437. The fourth-order valence-corrected chi connectivity index (χ4v) is 1.13. The maximum absolute atomic E-state index is 4.30. The van der Waals surface area contributed by atoms with Gasteiger partial charge in [0.05, 0.1) is 11.3 Å². The number of aromatic nitrogens is 1. The number of nitrogens with zero attached hydrogens (tertiary/aromatic N) is 1. The number of allylic oxidation sites excluding steroid dienone is 4. The fourth-order valence-electron chi connectivity index (χ4n) is 1.13. The summed E-state index contributed by atoms with van der Waals surface area (Å²) in [6.45, 7) is 2.03. The topological polar surface area (TPSA) is 12.9 Å². The molecule has 0 spiro atoms. The van der Waals surface area contributed by atoms with Gasteiger partial charge in [-0.15, -0.1) is 0 Å². The smallest absolute Gasteiger partial charge is 0.0786 e. The Labute approximate surface area is 77.4 Å². The van der Waals surface area contributed by atoms with Gasteiger partial charge in [-0.05, 0) is 30.7 Å². The van der Waals surface area contributed by atoms with E-state index in [1.54, 1.807) is 0 Å². The van der Waals surface area contributed by atoms with Crippen molar-refractivity contribution in [3.63, 3.8) is 0 Å². The van der Waals surface area contributed by atoms with Crippen molar-refractivity contribution in [3.8, 4) is 0 Å². The SMILES string of the molecule is Cc1ccc(C2=C=C=CC=C2)nc1. The second kappa shape index (κ2) is 3.28. The Kier molecular flexibility index (Phi) is 1.97. The first-order valence-corrected chi connectivity index (χ1v) is 4.18. The van der Waals surface area contributed by atoms with Gasteiger partial charge in [0, 0.05) is 6.20 Å². The van der Waals surface area contributed by atoms with E-state index in [1.165, 1.54) is 5.56 Å². The first-order chi connectivity index (χ1) is 6.36. The summed E-state index contributed by atoms with van der Waals surface area (Å²) in [6, 6.07) is 4.04. The van der Waals surface area contributed by atoms with E-state index in [9.17, 15) is 0 Å². The number of hydrogen-bond donors (Lipinski definition) is 0. The van der Waals surface area contributed by atoms with E-state index >= 15 is 0 Å². The van der Waals surface area contributed by atoms with Gasteiger partial charge in [-0.2, -0.15) is 0 Å². The molecule has 62 valence electrons. The van der Waals surface area contributed by atoms with Gasteiger partial charge >= 0.3 is 0 Å². The molecular formula is C12H9N. The third kappa shape index (κ3) is 1.68. The van der Waals surface area contributed by atoms with Crippen molar-refractivity contribution >= 4 is 5.57 Å². The van der Waals surface area contributed by atoms with Crippen molar-refractivity contribution in [1.29, 1.82) is 0 Å². The van der Waals surface area contributed by atoms with E-state index < -0.39 is 0 Å². The maximum atomic E-state index is 4.30. The van der Waals surface area contributed by atoms with Crippen LogP contribution in [0.25, 0.3) is 5.57 Å². The lowest BCUT2D eigenvalue weighted by molar-refractivity contribution is 1.23. The van der Waals surface area contributed by atoms with Gasteiger partial charge in [-0.3, -0.25) is 4.98 Å². The summed E-state index contributed by atoms with van der Waals surface area (Å²) < 4.78 is 0. The quantitative estimate of drug-likeness (QED) is 0.586. The third-order valence-electron chi connectivity index (χ3n) is 1.84. The van der Waals surface area contributed by atoms with Gasteiger partial charge < -0.3 is 0 Å². The van der Waals surface area contributed by atoms with Crippen molar-refractivity contribution in [1.82, 2.24) is 4.98 Å². The molecule has 0 fully saturated rings. The van der Waals surface area contributed by atoms with Crippen molar-refractivity contribution in [2.24, 2.45) is 0 Å². The van der Waals surface area contributed by atoms with E-state index in [1.807, 2.05) is 43.5 Å². The normalized spacial score (nSPS) is 13.2. The van der Waals surface area contributed by atoms with Crippen LogP contribution in [0.5, 0.6) is 0 Å². The van der Waals surface area contributed by atoms with Crippen LogP contribution >= 0.6 is 0 Å². The molecule has 0 aromatic carbocycles. The molecule has 0 atom stereocenters. The van der Waals surface area contributed by atoms with E-state index in [4.69, 9.17) is 0 Å². The van der Waals surface area contributed by atoms with Crippen LogP contribution in [0, 0.1) is 6.92 Å². The second-order valence-electron chi connectivity index (χ2n) is 2.93. The molecule has 0 aliphatic heterocycles. The Balaban J connectivity index is 2.48. The molecule has 0 radical (unpaired) electrons. The highest BCUT2D eigenvalue weighted by molar-refractivity contribution is 5.72. The van der Waals surface area contributed by atoms with Crippen molar-refractivity contribution in [2.45, 2.75) is 6.92 Å². The summed E-state index contributed by atoms with van der Waals surface area (Å²) in [5.74, 6) is 0. The third-order valence-corrected chi connectivity index (χ3v) is 1.84. The van der Waals surface area contributed by atoms with Gasteiger partial charge in [-0.1, -0.05) is 23.6 Å². The molecular weight excluding hydrogens is 158 g/mol. The van der Waals surface area contributed by atoms with Crippen LogP contribution in [-0.2, 0) is 0 Å². The van der Waals surface area contributed by atoms with Crippen molar-refractivity contribution < 1.29 is 0 Å². The monoisotopic (exact) mass is 167 g/mol. The summed E-state index contributed by atoms with van der Waals surface area (Å²) in [7, 11) is 0. The molecule has 0 amide bonds. The van der Waals surface area contributed by atoms with Gasteiger partial charge in [0.1, 0.15) is 0 Å². The zero-order valence-electron chi connectivity index (χ0n) is 7.41. The minimum atomic E-state index is 0.947. The van der Waals surface area contributed by atoms with E-state index in [2.05, 4.69) is 16.4 Å². The lowest BCUT2D eigenvalue weighted by Crippen LogP contribution is -1.86. The lowest BCUT2D eigenvalue weighted by Gasteiger charge is -1.99. The Hall–Kier alpha value is -1.81. The molecule has 0 saturated heterocycles. The molecule has 1 aliphatic carbocycles. The summed E-state index contributed by atoms with van der Waals surface area (Å²) in [5.41, 5.74) is 9.03. The van der Waals surface area contributed by atoms with Crippen molar-refractivity contribution in [3.05, 3.63) is 59.3 Å². The van der Waals surface area contributed by atoms with Crippen LogP contribution in [0.2, 0.25) is 0 Å². The average molecular weight is 167 g/mol. The number of aryl methyl sites for hydroxylation is 1. The Morgan fingerprint density at radius 1 is 1.31 bits per heavy atom. The van der Waals surface area contributed by atoms with E-state index in [-0.39, 0.29) is 0 Å². The van der Waals surface area contributed by atoms with Crippen LogP contribution in [0.15, 0.2) is 48.0 Å². The molecule has 1 aromatic heterocycles. The van der Waals surface area contributed by atoms with Gasteiger partial charge in [0.2, 0.25) is 0 Å². The van der Waals surface area contributed by atoms with Crippen molar-refractivity contribution in [2.75, 3.05) is 0 Å². The highest BCUT2D eigenvalue weighted by Gasteiger charge is 1.98. The number of hydrogen-bond acceptors (Lipinski definition) is 1. The van der Waals surface area contributed by atoms with Crippen LogP contribution in [0.4, 0.5) is 0 Å². The van der Waals surface area contributed by atoms with Gasteiger partial charge in [-0.25, -0.2) is 0 Å². The number of rotatable bonds is 1. The predicted octanol–water partition coefficient (Wildman–Crippen LogP) is 2.65. The van der Waals surface area contributed by atoms with Gasteiger partial charge in [0.15, 0.2) is 0 Å². The summed E-state index contributed by atoms with van der Waals surface area (Å²) in [6.07, 6.45) is 7.61. The number of pyridine rings is 1. The molecule has 1 nitrogen and oxygen atoms in total. The molecule has 2 rings (SSSR count). The highest BCUT2D eigenvalue weighted by Crippen LogP contribution is 2.13. The van der Waals surface area contributed by atoms with E-state index in [0.717, 1.165) is 11.3 Å². The summed E-state index contributed by atoms with van der Waals surface area (Å²) in [5, 5.41) is 0. The average Bonchev–Trinajstić information content (AvgIpc) is 2.20. The minimum absolute atomic E-state index is 0.947. The van der Waals surface area contributed by atoms with Gasteiger partial charge in [0.25, 0.3) is 0 Å². The molecule has 0 saturated carbocycles. The molecule has 13 heavy (non-hydrogen) atoms. The van der Waals surface area contributed by atoms with Crippen LogP contribution in [0.1, 0.15) is 11.3 Å². The summed E-state index contributed by atoms with van der Waals surface area (Å²) >= 11 is 0. The van der Waals surface area contributed by atoms with Crippen LogP contribution in [-0.4, -0.2) is 4.98 Å². The van der Waals surface area contributed by atoms with E-state index in [0.29, 0.717) is 0 Å². The maximum Gasteiger partial charge on any atom is 0.0786 e. The minimum Gasteiger partial charge on any atom is -0.255 e. The first kappa shape index (κ1) is 7.82. The lowest BCUT2D eigenvalue weighted by atomic mass is 10.1. The largest absolute Gasteiger partial charge is 0.255 e. The molecule has 1 heteroatoms. The molecule has 1 heterocycles. The Morgan fingerprint density at radius 3 is 2.85 bits per heavy atom. The molecule has 0 unspecified atom stereocenters. The van der Waals surface area contributed by atoms with Crippen LogP contribution < -0.4 is 0 Å². The first-order valence-electron chi connectivity index (χ1n) is 4.18. The molecule has 0 bridgehead atoms. The zero-order valence-corrected chi connectivity index (χ0v) is 7.41. The zero-order chi connectivity index (χ0) is 9.10. The fraction of sp³-hybridized carbons (Fsp3) is 0.0833.